The predicted octanol–water partition coefficient (Wildman–Crippen LogP) is 1.87. The van der Waals surface area contributed by atoms with E-state index in [9.17, 15) is 0 Å². The van der Waals surface area contributed by atoms with Crippen molar-refractivity contribution in [2.45, 2.75) is 13.3 Å². The molecule has 0 fully saturated rings. The molecule has 0 aliphatic carbocycles. The summed E-state index contributed by atoms with van der Waals surface area (Å²) in [4.78, 5) is 2.03. The highest BCUT2D eigenvalue weighted by atomic mass is 32.2. The lowest BCUT2D eigenvalue weighted by molar-refractivity contribution is 0.466. The van der Waals surface area contributed by atoms with Gasteiger partial charge in [-0.2, -0.15) is 5.26 Å². The van der Waals surface area contributed by atoms with E-state index in [0.717, 1.165) is 17.4 Å². The highest BCUT2D eigenvalue weighted by Gasteiger charge is 2.03. The van der Waals surface area contributed by atoms with E-state index in [1.54, 1.807) is 11.8 Å². The van der Waals surface area contributed by atoms with Crippen molar-refractivity contribution in [2.75, 3.05) is 19.3 Å². The maximum atomic E-state index is 8.34. The molecule has 11 heavy (non-hydrogen) atoms. The summed E-state index contributed by atoms with van der Waals surface area (Å²) in [5.41, 5.74) is 0. The van der Waals surface area contributed by atoms with Gasteiger partial charge in [-0.25, -0.2) is 0 Å². The van der Waals surface area contributed by atoms with Crippen LogP contribution in [0.1, 0.15) is 13.3 Å². The Morgan fingerprint density at radius 2 is 2.36 bits per heavy atom. The Hall–Kier alpha value is -0.270. The Morgan fingerprint density at radius 1 is 1.73 bits per heavy atom. The number of rotatable bonds is 3. The van der Waals surface area contributed by atoms with Gasteiger partial charge in [0.2, 0.25) is 0 Å². The average Bonchev–Trinajstić information content (AvgIpc) is 2.05. The maximum absolute atomic E-state index is 8.34. The molecule has 0 aliphatic rings. The molecule has 0 unspecified atom stereocenters. The van der Waals surface area contributed by atoms with Gasteiger partial charge in [-0.1, -0.05) is 12.2 Å². The van der Waals surface area contributed by atoms with Gasteiger partial charge in [0, 0.05) is 13.1 Å². The Labute approximate surface area is 77.6 Å². The summed E-state index contributed by atoms with van der Waals surface area (Å²) in [5, 5.41) is 8.34. The summed E-state index contributed by atoms with van der Waals surface area (Å²) < 4.78 is 0.878. The lowest BCUT2D eigenvalue weighted by Crippen LogP contribution is -2.27. The third kappa shape index (κ3) is 4.23. The second kappa shape index (κ2) is 6.44. The molecule has 2 nitrogen and oxygen atoms in total. The second-order valence-electron chi connectivity index (χ2n) is 1.96. The van der Waals surface area contributed by atoms with Crippen LogP contribution in [-0.2, 0) is 0 Å². The van der Waals surface area contributed by atoms with Gasteiger partial charge >= 0.3 is 0 Å². The Balaban J connectivity index is 3.77. The van der Waals surface area contributed by atoms with Crippen molar-refractivity contribution >= 4 is 28.3 Å². The van der Waals surface area contributed by atoms with Crippen molar-refractivity contribution in [3.63, 3.8) is 0 Å². The molecule has 0 radical (unpaired) electrons. The first-order valence-electron chi connectivity index (χ1n) is 3.46. The van der Waals surface area contributed by atoms with Crippen molar-refractivity contribution < 1.29 is 0 Å². The largest absolute Gasteiger partial charge is 0.357 e. The first kappa shape index (κ1) is 10.7. The van der Waals surface area contributed by atoms with Crippen molar-refractivity contribution in [1.82, 2.24) is 4.90 Å². The van der Waals surface area contributed by atoms with Crippen LogP contribution in [0.5, 0.6) is 0 Å². The molecule has 0 rings (SSSR count). The summed E-state index contributed by atoms with van der Waals surface area (Å²) >= 11 is 6.62. The van der Waals surface area contributed by atoms with Crippen LogP contribution in [0.2, 0.25) is 0 Å². The van der Waals surface area contributed by atoms with Gasteiger partial charge in [-0.15, -0.1) is 11.8 Å². The minimum absolute atomic E-state index is 0.550. The van der Waals surface area contributed by atoms with Crippen molar-refractivity contribution in [1.29, 1.82) is 5.26 Å². The van der Waals surface area contributed by atoms with E-state index in [0.29, 0.717) is 6.42 Å². The minimum atomic E-state index is 0.550. The van der Waals surface area contributed by atoms with Crippen LogP contribution >= 0.6 is 24.0 Å². The van der Waals surface area contributed by atoms with Gasteiger partial charge < -0.3 is 4.90 Å². The molecule has 0 saturated heterocycles. The van der Waals surface area contributed by atoms with E-state index in [2.05, 4.69) is 6.07 Å². The van der Waals surface area contributed by atoms with Crippen LogP contribution in [0, 0.1) is 11.3 Å². The number of thiocarbonyl (C=S) groups is 1. The van der Waals surface area contributed by atoms with Crippen molar-refractivity contribution in [2.24, 2.45) is 0 Å². The zero-order chi connectivity index (χ0) is 8.69. The first-order valence-corrected chi connectivity index (χ1v) is 5.09. The summed E-state index contributed by atoms with van der Waals surface area (Å²) in [6, 6.07) is 2.10. The summed E-state index contributed by atoms with van der Waals surface area (Å²) in [6.45, 7) is 3.69. The van der Waals surface area contributed by atoms with E-state index < -0.39 is 0 Å². The number of hydrogen-bond acceptors (Lipinski definition) is 3. The normalized spacial score (nSPS) is 8.82. The average molecular weight is 188 g/mol. The fourth-order valence-electron chi connectivity index (χ4n) is 0.693. The summed E-state index contributed by atoms with van der Waals surface area (Å²) in [7, 11) is 0. The molecule has 0 aliphatic heterocycles. The van der Waals surface area contributed by atoms with Gasteiger partial charge in [0.25, 0.3) is 0 Å². The van der Waals surface area contributed by atoms with Gasteiger partial charge in [-0.3, -0.25) is 0 Å². The van der Waals surface area contributed by atoms with Crippen LogP contribution in [0.25, 0.3) is 0 Å². The molecule has 0 aromatic heterocycles. The fraction of sp³-hybridized carbons (Fsp3) is 0.714. The van der Waals surface area contributed by atoms with E-state index in [4.69, 9.17) is 17.5 Å². The molecule has 0 aromatic rings. The lowest BCUT2D eigenvalue weighted by atomic mass is 10.4. The monoisotopic (exact) mass is 188 g/mol. The molecule has 0 saturated carbocycles. The van der Waals surface area contributed by atoms with Gasteiger partial charge in [-0.05, 0) is 13.2 Å². The molecule has 62 valence electrons. The van der Waals surface area contributed by atoms with Crippen LogP contribution in [0.3, 0.4) is 0 Å². The topological polar surface area (TPSA) is 27.0 Å². The first-order chi connectivity index (χ1) is 5.26. The van der Waals surface area contributed by atoms with E-state index >= 15 is 0 Å². The number of hydrogen-bond donors (Lipinski definition) is 0. The van der Waals surface area contributed by atoms with Gasteiger partial charge in [0.15, 0.2) is 0 Å². The van der Waals surface area contributed by atoms with Crippen LogP contribution in [0.15, 0.2) is 0 Å². The highest BCUT2D eigenvalue weighted by Crippen LogP contribution is 2.04. The molecular weight excluding hydrogens is 176 g/mol. The van der Waals surface area contributed by atoms with Crippen molar-refractivity contribution in [3.8, 4) is 6.07 Å². The molecule has 0 N–H and O–H groups in total. The summed E-state index contributed by atoms with van der Waals surface area (Å²) in [5.74, 6) is 0. The molecular formula is C7H12N2S2. The molecule has 0 aromatic carbocycles. The molecule has 0 amide bonds. The smallest absolute Gasteiger partial charge is 0.136 e. The highest BCUT2D eigenvalue weighted by molar-refractivity contribution is 8.22. The molecule has 4 heteroatoms. The Kier molecular flexibility index (Phi) is 6.28. The van der Waals surface area contributed by atoms with E-state index in [-0.39, 0.29) is 0 Å². The third-order valence-corrected chi connectivity index (χ3v) is 2.67. The zero-order valence-corrected chi connectivity index (χ0v) is 8.47. The number of thioether (sulfide) groups is 1. The van der Waals surface area contributed by atoms with Gasteiger partial charge in [0.05, 0.1) is 12.5 Å². The SMILES string of the molecule is CCN(CCC#N)C(=S)SC. The molecule has 0 spiro atoms. The maximum Gasteiger partial charge on any atom is 0.136 e. The second-order valence-corrected chi connectivity index (χ2v) is 3.40. The number of nitrogens with zero attached hydrogens (tertiary/aromatic N) is 2. The van der Waals surface area contributed by atoms with E-state index in [1.807, 2.05) is 18.1 Å². The minimum Gasteiger partial charge on any atom is -0.357 e. The fourth-order valence-corrected chi connectivity index (χ4v) is 1.39. The summed E-state index contributed by atoms with van der Waals surface area (Å²) in [6.07, 6.45) is 2.51. The quantitative estimate of drug-likeness (QED) is 0.632. The van der Waals surface area contributed by atoms with Crippen molar-refractivity contribution in [3.05, 3.63) is 0 Å². The Morgan fingerprint density at radius 3 is 2.73 bits per heavy atom. The zero-order valence-electron chi connectivity index (χ0n) is 6.83. The molecule has 0 heterocycles. The predicted molar refractivity (Wildman–Crippen MR) is 53.6 cm³/mol. The third-order valence-electron chi connectivity index (χ3n) is 1.31. The Bertz CT molecular complexity index is 162. The van der Waals surface area contributed by atoms with Crippen LogP contribution < -0.4 is 0 Å². The van der Waals surface area contributed by atoms with Gasteiger partial charge in [0.1, 0.15) is 4.32 Å². The van der Waals surface area contributed by atoms with Crippen LogP contribution in [0.4, 0.5) is 0 Å². The standard InChI is InChI=1S/C7H12N2S2/c1-3-9(6-4-5-8)7(10)11-2/h3-4,6H2,1-2H3. The molecule has 0 bridgehead atoms. The molecule has 0 atom stereocenters. The van der Waals surface area contributed by atoms with Crippen LogP contribution in [-0.4, -0.2) is 28.6 Å². The lowest BCUT2D eigenvalue weighted by Gasteiger charge is -2.20. The number of nitriles is 1. The van der Waals surface area contributed by atoms with E-state index in [1.165, 1.54) is 0 Å².